The van der Waals surface area contributed by atoms with Crippen molar-refractivity contribution in [1.29, 1.82) is 0 Å². The van der Waals surface area contributed by atoms with Gasteiger partial charge < -0.3 is 9.84 Å². The maximum atomic E-state index is 12.0. The Balaban J connectivity index is 2.22. The fourth-order valence-electron chi connectivity index (χ4n) is 1.72. The summed E-state index contributed by atoms with van der Waals surface area (Å²) in [6, 6.07) is 11.7. The van der Waals surface area contributed by atoms with E-state index in [0.29, 0.717) is 11.3 Å². The van der Waals surface area contributed by atoms with Gasteiger partial charge in [0.05, 0.1) is 7.11 Å². The van der Waals surface area contributed by atoms with E-state index < -0.39 is 0 Å². The highest BCUT2D eigenvalue weighted by molar-refractivity contribution is 9.10. The van der Waals surface area contributed by atoms with Crippen LogP contribution < -0.4 is 4.74 Å². The lowest BCUT2D eigenvalue weighted by Gasteiger charge is -2.04. The van der Waals surface area contributed by atoms with Crippen LogP contribution in [0, 0.1) is 0 Å². The molecule has 0 unspecified atom stereocenters. The summed E-state index contributed by atoms with van der Waals surface area (Å²) in [6.45, 7) is 0. The van der Waals surface area contributed by atoms with Gasteiger partial charge in [0.2, 0.25) is 0 Å². The van der Waals surface area contributed by atoms with Crippen LogP contribution in [0.3, 0.4) is 0 Å². The normalized spacial score (nSPS) is 10.7. The third-order valence-corrected chi connectivity index (χ3v) is 3.25. The Bertz CT molecular complexity index is 645. The molecular weight excluding hydrogens is 320 g/mol. The van der Waals surface area contributed by atoms with Crippen LogP contribution >= 0.6 is 15.9 Å². The number of carbonyl (C=O) groups excluding carboxylic acids is 1. The van der Waals surface area contributed by atoms with Crippen LogP contribution in [-0.2, 0) is 0 Å². The minimum Gasteiger partial charge on any atom is -0.508 e. The zero-order valence-corrected chi connectivity index (χ0v) is 12.4. The van der Waals surface area contributed by atoms with Gasteiger partial charge >= 0.3 is 0 Å². The molecule has 0 aliphatic rings. The Labute approximate surface area is 125 Å². The zero-order chi connectivity index (χ0) is 14.5. The van der Waals surface area contributed by atoms with Gasteiger partial charge in [-0.2, -0.15) is 0 Å². The van der Waals surface area contributed by atoms with Gasteiger partial charge in [-0.15, -0.1) is 0 Å². The van der Waals surface area contributed by atoms with Crippen molar-refractivity contribution < 1.29 is 14.6 Å². The molecule has 0 atom stereocenters. The van der Waals surface area contributed by atoms with Crippen LogP contribution in [0.2, 0.25) is 0 Å². The maximum absolute atomic E-state index is 12.0. The van der Waals surface area contributed by atoms with Gasteiger partial charge in [-0.25, -0.2) is 0 Å². The molecular formula is C16H13BrO3. The molecule has 0 saturated carbocycles. The van der Waals surface area contributed by atoms with Gasteiger partial charge in [-0.1, -0.05) is 15.9 Å². The van der Waals surface area contributed by atoms with Crippen LogP contribution in [0.4, 0.5) is 0 Å². The predicted molar refractivity (Wildman–Crippen MR) is 82.2 cm³/mol. The van der Waals surface area contributed by atoms with E-state index in [0.717, 1.165) is 10.0 Å². The van der Waals surface area contributed by atoms with E-state index in [2.05, 4.69) is 15.9 Å². The molecule has 2 aromatic rings. The molecule has 3 nitrogen and oxygen atoms in total. The van der Waals surface area contributed by atoms with E-state index in [-0.39, 0.29) is 11.5 Å². The third-order valence-electron chi connectivity index (χ3n) is 2.76. The summed E-state index contributed by atoms with van der Waals surface area (Å²) in [5.41, 5.74) is 1.34. The molecule has 0 aliphatic carbocycles. The SMILES string of the molecule is COc1ccc(Br)cc1/C=C\C(=O)c1ccc(O)cc1. The van der Waals surface area contributed by atoms with Crippen LogP contribution in [0.5, 0.6) is 11.5 Å². The second-order valence-corrected chi connectivity index (χ2v) is 5.05. The number of benzene rings is 2. The summed E-state index contributed by atoms with van der Waals surface area (Å²) >= 11 is 3.38. The molecule has 2 aromatic carbocycles. The second-order valence-electron chi connectivity index (χ2n) is 4.13. The number of rotatable bonds is 4. The Morgan fingerprint density at radius 3 is 2.55 bits per heavy atom. The standard InChI is InChI=1S/C16H13BrO3/c1-20-16-9-5-13(17)10-12(16)4-8-15(19)11-2-6-14(18)7-3-11/h2-10,18H,1H3/b8-4-. The molecule has 4 heteroatoms. The fraction of sp³-hybridized carbons (Fsp3) is 0.0625. The van der Waals surface area contributed by atoms with Crippen molar-refractivity contribution in [3.05, 3.63) is 64.1 Å². The molecule has 0 aromatic heterocycles. The summed E-state index contributed by atoms with van der Waals surface area (Å²) in [5.74, 6) is 0.703. The lowest BCUT2D eigenvalue weighted by Crippen LogP contribution is -1.93. The minimum atomic E-state index is -0.132. The first-order valence-electron chi connectivity index (χ1n) is 5.95. The number of phenolic OH excluding ortho intramolecular Hbond substituents is 1. The molecule has 0 amide bonds. The number of halogens is 1. The highest BCUT2D eigenvalue weighted by Gasteiger charge is 2.04. The van der Waals surface area contributed by atoms with Crippen LogP contribution in [0.15, 0.2) is 53.0 Å². The van der Waals surface area contributed by atoms with E-state index in [4.69, 9.17) is 4.74 Å². The summed E-state index contributed by atoms with van der Waals surface area (Å²) in [7, 11) is 1.59. The van der Waals surface area contributed by atoms with Crippen molar-refractivity contribution >= 4 is 27.8 Å². The number of carbonyl (C=O) groups is 1. The summed E-state index contributed by atoms with van der Waals surface area (Å²) in [5, 5.41) is 9.19. The largest absolute Gasteiger partial charge is 0.508 e. The molecule has 0 spiro atoms. The number of aromatic hydroxyl groups is 1. The Kier molecular flexibility index (Phi) is 4.58. The number of ether oxygens (including phenoxy) is 1. The molecule has 0 heterocycles. The monoisotopic (exact) mass is 332 g/mol. The van der Waals surface area contributed by atoms with Crippen molar-refractivity contribution in [2.75, 3.05) is 7.11 Å². The van der Waals surface area contributed by atoms with Crippen LogP contribution in [-0.4, -0.2) is 18.0 Å². The van der Waals surface area contributed by atoms with E-state index in [1.54, 1.807) is 25.3 Å². The van der Waals surface area contributed by atoms with E-state index in [9.17, 15) is 9.90 Å². The second kappa shape index (κ2) is 6.39. The first-order valence-corrected chi connectivity index (χ1v) is 6.74. The highest BCUT2D eigenvalue weighted by Crippen LogP contribution is 2.24. The third kappa shape index (κ3) is 3.48. The van der Waals surface area contributed by atoms with Gasteiger partial charge in [0.25, 0.3) is 0 Å². The number of hydrogen-bond donors (Lipinski definition) is 1. The van der Waals surface area contributed by atoms with Crippen molar-refractivity contribution in [3.63, 3.8) is 0 Å². The average molecular weight is 333 g/mol. The summed E-state index contributed by atoms with van der Waals surface area (Å²) in [4.78, 5) is 12.0. The van der Waals surface area contributed by atoms with E-state index in [1.165, 1.54) is 18.2 Å². The first-order chi connectivity index (χ1) is 9.60. The summed E-state index contributed by atoms with van der Waals surface area (Å²) < 4.78 is 6.15. The molecule has 20 heavy (non-hydrogen) atoms. The molecule has 102 valence electrons. The molecule has 0 radical (unpaired) electrons. The van der Waals surface area contributed by atoms with Crippen LogP contribution in [0.25, 0.3) is 6.08 Å². The molecule has 0 saturated heterocycles. The van der Waals surface area contributed by atoms with Crippen molar-refractivity contribution in [2.24, 2.45) is 0 Å². The highest BCUT2D eigenvalue weighted by atomic mass is 79.9. The van der Waals surface area contributed by atoms with Gasteiger partial charge in [0.15, 0.2) is 5.78 Å². The molecule has 0 fully saturated rings. The fourth-order valence-corrected chi connectivity index (χ4v) is 2.10. The minimum absolute atomic E-state index is 0.132. The number of allylic oxidation sites excluding steroid dienone is 1. The molecule has 0 aliphatic heterocycles. The summed E-state index contributed by atoms with van der Waals surface area (Å²) in [6.07, 6.45) is 3.19. The molecule has 1 N–H and O–H groups in total. The van der Waals surface area contributed by atoms with Gasteiger partial charge in [-0.3, -0.25) is 4.79 Å². The van der Waals surface area contributed by atoms with Gasteiger partial charge in [-0.05, 0) is 54.6 Å². The topological polar surface area (TPSA) is 46.5 Å². The first kappa shape index (κ1) is 14.3. The number of phenols is 1. The molecule has 0 bridgehead atoms. The van der Waals surface area contributed by atoms with Crippen molar-refractivity contribution in [3.8, 4) is 11.5 Å². The maximum Gasteiger partial charge on any atom is 0.185 e. The van der Waals surface area contributed by atoms with Gasteiger partial charge in [0.1, 0.15) is 11.5 Å². The lowest BCUT2D eigenvalue weighted by atomic mass is 10.1. The quantitative estimate of drug-likeness (QED) is 0.678. The van der Waals surface area contributed by atoms with Gasteiger partial charge in [0, 0.05) is 15.6 Å². The smallest absolute Gasteiger partial charge is 0.185 e. The van der Waals surface area contributed by atoms with E-state index >= 15 is 0 Å². The van der Waals surface area contributed by atoms with Crippen molar-refractivity contribution in [2.45, 2.75) is 0 Å². The van der Waals surface area contributed by atoms with Crippen LogP contribution in [0.1, 0.15) is 15.9 Å². The van der Waals surface area contributed by atoms with Crippen molar-refractivity contribution in [1.82, 2.24) is 0 Å². The number of ketones is 1. The predicted octanol–water partition coefficient (Wildman–Crippen LogP) is 4.06. The Hall–Kier alpha value is -2.07. The zero-order valence-electron chi connectivity index (χ0n) is 10.8. The number of hydrogen-bond acceptors (Lipinski definition) is 3. The number of methoxy groups -OCH3 is 1. The molecule has 2 rings (SSSR count). The average Bonchev–Trinajstić information content (AvgIpc) is 2.45. The Morgan fingerprint density at radius 1 is 1.20 bits per heavy atom. The van der Waals surface area contributed by atoms with E-state index in [1.807, 2.05) is 18.2 Å². The lowest BCUT2D eigenvalue weighted by molar-refractivity contribution is 0.104. The Morgan fingerprint density at radius 2 is 1.90 bits per heavy atom.